The molecule has 5 aromatic carbocycles. The number of nitrogens with zero attached hydrogens (tertiary/aromatic N) is 3. The van der Waals surface area contributed by atoms with Crippen LogP contribution in [0.4, 0.5) is 10.5 Å². The van der Waals surface area contributed by atoms with Gasteiger partial charge in [0, 0.05) is 48.8 Å². The summed E-state index contributed by atoms with van der Waals surface area (Å²) in [6, 6.07) is 31.9. The molecule has 1 saturated carbocycles. The molecule has 0 bridgehead atoms. The Morgan fingerprint density at radius 3 is 2.45 bits per heavy atom. The summed E-state index contributed by atoms with van der Waals surface area (Å²) >= 11 is 0. The lowest BCUT2D eigenvalue weighted by Gasteiger charge is -2.59. The molecule has 3 aliphatic rings. The molecule has 5 aromatic rings. The summed E-state index contributed by atoms with van der Waals surface area (Å²) in [6.45, 7) is 6.23. The van der Waals surface area contributed by atoms with Gasteiger partial charge in [-0.3, -0.25) is 19.8 Å². The Hall–Kier alpha value is -6.87. The number of allylic oxidation sites excluding steroid dienone is 1. The molecule has 6 atom stereocenters. The van der Waals surface area contributed by atoms with Crippen LogP contribution in [0.2, 0.25) is 0 Å². The van der Waals surface area contributed by atoms with Gasteiger partial charge in [-0.2, -0.15) is 0 Å². The van der Waals surface area contributed by atoms with Crippen molar-refractivity contribution in [3.05, 3.63) is 166 Å². The number of hydrogen-bond acceptors (Lipinski definition) is 12. The van der Waals surface area contributed by atoms with Crippen LogP contribution in [0.15, 0.2) is 139 Å². The second kappa shape index (κ2) is 22.5. The van der Waals surface area contributed by atoms with E-state index >= 15 is 0 Å². The van der Waals surface area contributed by atoms with Gasteiger partial charge < -0.3 is 34.0 Å². The molecule has 6 unspecified atom stereocenters. The number of hydrogen-bond donors (Lipinski definition) is 2. The lowest BCUT2D eigenvalue weighted by atomic mass is 9.55. The maximum Gasteiger partial charge on any atom is 0.410 e. The number of carbonyl (C=O) groups excluding carboxylic acids is 2. The number of unbranched alkanes of at least 4 members (excludes halogenated alkanes) is 2. The minimum absolute atomic E-state index is 0.0122. The fraction of sp³-hybridized carbons (Fsp3) is 0.364. The zero-order valence-electron chi connectivity index (χ0n) is 38.8. The second-order valence-corrected chi connectivity index (χ2v) is 17.7. The molecule has 0 spiro atoms. The summed E-state index contributed by atoms with van der Waals surface area (Å²) in [5.74, 6) is -1.04. The predicted octanol–water partition coefficient (Wildman–Crippen LogP) is 10.8. The van der Waals surface area contributed by atoms with E-state index in [1.165, 1.54) is 12.1 Å². The molecule has 14 heteroatoms. The topological polar surface area (TPSA) is 179 Å². The van der Waals surface area contributed by atoms with Gasteiger partial charge in [0.2, 0.25) is 5.79 Å². The third kappa shape index (κ3) is 10.6. The van der Waals surface area contributed by atoms with E-state index in [0.717, 1.165) is 59.4 Å². The van der Waals surface area contributed by atoms with Crippen molar-refractivity contribution in [3.63, 3.8) is 0 Å². The first-order valence-corrected chi connectivity index (χ1v) is 23.8. The van der Waals surface area contributed by atoms with Crippen molar-refractivity contribution in [1.82, 2.24) is 4.90 Å². The molecular formula is C55H59N3O11. The number of oxime groups is 1. The summed E-state index contributed by atoms with van der Waals surface area (Å²) in [7, 11) is 0. The van der Waals surface area contributed by atoms with Gasteiger partial charge in [-0.1, -0.05) is 84.7 Å². The van der Waals surface area contributed by atoms with Crippen molar-refractivity contribution in [2.75, 3.05) is 26.4 Å². The normalized spacial score (nSPS) is 21.8. The maximum atomic E-state index is 14.8. The molecule has 1 aliphatic heterocycles. The number of aliphatic hydroxyl groups excluding tert-OH is 2. The van der Waals surface area contributed by atoms with Crippen LogP contribution in [0.1, 0.15) is 84.8 Å². The van der Waals surface area contributed by atoms with Gasteiger partial charge in [0.05, 0.1) is 36.3 Å². The molecule has 2 aliphatic carbocycles. The zero-order chi connectivity index (χ0) is 48.3. The van der Waals surface area contributed by atoms with Gasteiger partial charge in [-0.15, -0.1) is 6.58 Å². The minimum Gasteiger partial charge on any atom is -0.459 e. The van der Waals surface area contributed by atoms with Crippen molar-refractivity contribution >= 4 is 34.6 Å². The number of aliphatic hydroxyl groups is 2. The molecule has 69 heavy (non-hydrogen) atoms. The van der Waals surface area contributed by atoms with Gasteiger partial charge in [-0.05, 0) is 114 Å². The molecule has 1 heterocycles. The van der Waals surface area contributed by atoms with Crippen LogP contribution >= 0.6 is 0 Å². The highest BCUT2D eigenvalue weighted by atomic mass is 16.7. The van der Waals surface area contributed by atoms with E-state index in [9.17, 15) is 29.9 Å². The van der Waals surface area contributed by atoms with E-state index in [-0.39, 0.29) is 69.4 Å². The lowest BCUT2D eigenvalue weighted by molar-refractivity contribution is -0.384. The molecule has 1 fully saturated rings. The Kier molecular flexibility index (Phi) is 15.8. The Morgan fingerprint density at radius 1 is 0.942 bits per heavy atom. The lowest BCUT2D eigenvalue weighted by Crippen LogP contribution is -2.70. The Morgan fingerprint density at radius 2 is 1.70 bits per heavy atom. The fourth-order valence-corrected chi connectivity index (χ4v) is 10.5. The van der Waals surface area contributed by atoms with Crippen LogP contribution in [-0.2, 0) is 27.5 Å². The molecule has 0 aromatic heterocycles. The fourth-order valence-electron chi connectivity index (χ4n) is 10.5. The first kappa shape index (κ1) is 48.6. The van der Waals surface area contributed by atoms with Gasteiger partial charge in [0.1, 0.15) is 36.2 Å². The van der Waals surface area contributed by atoms with E-state index in [0.29, 0.717) is 46.9 Å². The number of amides is 1. The van der Waals surface area contributed by atoms with Crippen molar-refractivity contribution in [2.45, 2.75) is 82.8 Å². The van der Waals surface area contributed by atoms with E-state index in [1.807, 2.05) is 60.7 Å². The number of rotatable bonds is 22. The van der Waals surface area contributed by atoms with E-state index in [1.54, 1.807) is 54.3 Å². The Labute approximate surface area is 401 Å². The van der Waals surface area contributed by atoms with Crippen LogP contribution in [-0.4, -0.2) is 76.4 Å². The number of fused-ring (bicyclic) bond motifs is 3. The summed E-state index contributed by atoms with van der Waals surface area (Å²) in [5.41, 5.74) is 4.26. The smallest absolute Gasteiger partial charge is 0.410 e. The Bertz CT molecular complexity index is 2680. The van der Waals surface area contributed by atoms with Crippen molar-refractivity contribution < 1.29 is 48.5 Å². The number of aldehydes is 1. The summed E-state index contributed by atoms with van der Waals surface area (Å²) in [4.78, 5) is 45.4. The minimum atomic E-state index is -1.56. The van der Waals surface area contributed by atoms with Crippen LogP contribution in [0.25, 0.3) is 10.8 Å². The third-order valence-electron chi connectivity index (χ3n) is 13.5. The quantitative estimate of drug-likeness (QED) is 0.0222. The average Bonchev–Trinajstić information content (AvgIpc) is 3.36. The third-order valence-corrected chi connectivity index (χ3v) is 13.5. The molecule has 0 radical (unpaired) electrons. The predicted molar refractivity (Wildman–Crippen MR) is 261 cm³/mol. The number of nitro benzene ring substituents is 1. The monoisotopic (exact) mass is 937 g/mol. The van der Waals surface area contributed by atoms with Crippen molar-refractivity contribution in [3.8, 4) is 17.2 Å². The number of nitro groups is 1. The second-order valence-electron chi connectivity index (χ2n) is 17.7. The highest BCUT2D eigenvalue weighted by Crippen LogP contribution is 2.62. The molecule has 14 nitrogen and oxygen atoms in total. The highest BCUT2D eigenvalue weighted by molar-refractivity contribution is 6.03. The van der Waals surface area contributed by atoms with Gasteiger partial charge in [-0.25, -0.2) is 4.79 Å². The first-order chi connectivity index (χ1) is 33.7. The van der Waals surface area contributed by atoms with Crippen LogP contribution in [0.3, 0.4) is 0 Å². The number of benzene rings is 5. The average molecular weight is 938 g/mol. The van der Waals surface area contributed by atoms with Gasteiger partial charge in [0.15, 0.2) is 0 Å². The molecule has 8 rings (SSSR count). The highest BCUT2D eigenvalue weighted by Gasteiger charge is 2.65. The number of ether oxygens (including phenoxy) is 4. The molecule has 360 valence electrons. The van der Waals surface area contributed by atoms with Crippen LogP contribution < -0.4 is 9.47 Å². The van der Waals surface area contributed by atoms with Crippen molar-refractivity contribution in [1.29, 1.82) is 0 Å². The Balaban J connectivity index is 1.34. The van der Waals surface area contributed by atoms with Crippen LogP contribution in [0.5, 0.6) is 17.2 Å². The number of non-ortho nitro benzene ring substituents is 1. The zero-order valence-corrected chi connectivity index (χ0v) is 38.8. The summed E-state index contributed by atoms with van der Waals surface area (Å²) in [6.07, 6.45) is 8.43. The van der Waals surface area contributed by atoms with Crippen LogP contribution in [0, 0.1) is 27.9 Å². The SMILES string of the molecule is C=CCOC12Oc3ccc(Oc4cccc(C=O)c4)cc3C3C(CCCCO)C(CCCCO)C=C(C(=NOCc4ccc([N+](=O)[O-])cc4)CC1N(Cc1cccc4ccccc14)C(=O)OCC)C32. The first-order valence-electron chi connectivity index (χ1n) is 23.8. The van der Waals surface area contributed by atoms with E-state index in [4.69, 9.17) is 28.9 Å². The molecule has 2 N–H and O–H groups in total. The van der Waals surface area contributed by atoms with E-state index < -0.39 is 28.8 Å². The van der Waals surface area contributed by atoms with Gasteiger partial charge in [0.25, 0.3) is 5.69 Å². The van der Waals surface area contributed by atoms with E-state index in [2.05, 4.69) is 12.7 Å². The summed E-state index contributed by atoms with van der Waals surface area (Å²) in [5, 5.41) is 38.4. The molecular weight excluding hydrogens is 879 g/mol. The van der Waals surface area contributed by atoms with Gasteiger partial charge >= 0.3 is 6.09 Å². The molecule has 0 saturated heterocycles. The largest absolute Gasteiger partial charge is 0.459 e. The van der Waals surface area contributed by atoms with Crippen molar-refractivity contribution in [2.24, 2.45) is 22.9 Å². The number of carbonyl (C=O) groups is 2. The molecule has 1 amide bonds. The standard InChI is InChI=1S/C55H59N3O11/c1-3-29-66-55-51(57(54(62)65-4-2)34-41-17-12-16-39-14-5-6-19-45(39)41)33-49(56-67-36-37-21-23-42(24-22-37)58(63)64)47-31-40(15-7-9-27-59)46(20-8-10-28-60)52(53(47)55)48-32-44(25-26-50(48)69-55)68-43-18-11-13-38(30-43)35-61/h3,5-6,11-14,16-19,21-26,30-32,35,40,46,51-53,59-60H,1,4,7-10,15,20,27-29,33-34,36H2,2H3. The summed E-state index contributed by atoms with van der Waals surface area (Å²) < 4.78 is 27.0. The maximum absolute atomic E-state index is 14.8.